The molecule has 11 heavy (non-hydrogen) atoms. The maximum atomic E-state index is 10.6. The Morgan fingerprint density at radius 2 is 2.55 bits per heavy atom. The minimum atomic E-state index is 0.00675. The lowest BCUT2D eigenvalue weighted by atomic mass is 10.3. The Morgan fingerprint density at radius 1 is 1.82 bits per heavy atom. The Hall–Kier alpha value is -1.28. The van der Waals surface area contributed by atoms with Crippen molar-refractivity contribution in [1.29, 1.82) is 5.26 Å². The number of Topliss-reactive ketones (excluding diaryl/α,β-unsaturated/α-hetero) is 1. The molecule has 1 aromatic rings. The lowest BCUT2D eigenvalue weighted by Gasteiger charge is -1.83. The minimum absolute atomic E-state index is 0.00675. The summed E-state index contributed by atoms with van der Waals surface area (Å²) < 4.78 is 3.81. The molecule has 1 rings (SSSR count). The number of hydrogen-bond acceptors (Lipinski definition) is 5. The molecule has 0 N–H and O–H groups in total. The summed E-state index contributed by atoms with van der Waals surface area (Å²) in [4.78, 5) is 14.3. The smallest absolute Gasteiger partial charge is 0.214 e. The lowest BCUT2D eigenvalue weighted by Crippen LogP contribution is -1.97. The molecular formula is C6H5N3OS. The van der Waals surface area contributed by atoms with Crippen LogP contribution in [0.3, 0.4) is 0 Å². The first kappa shape index (κ1) is 7.82. The van der Waals surface area contributed by atoms with Gasteiger partial charge in [-0.3, -0.25) is 4.79 Å². The second-order valence-electron chi connectivity index (χ2n) is 2.01. The third-order valence-corrected chi connectivity index (χ3v) is 1.63. The van der Waals surface area contributed by atoms with Crippen LogP contribution in [0.4, 0.5) is 0 Å². The SMILES string of the molecule is CC(=O)Cc1nsc(C#N)n1. The average molecular weight is 167 g/mol. The predicted octanol–water partition coefficient (Wildman–Crippen LogP) is 0.541. The molecule has 56 valence electrons. The third kappa shape index (κ3) is 2.09. The van der Waals surface area contributed by atoms with E-state index in [9.17, 15) is 4.79 Å². The molecule has 0 amide bonds. The normalized spacial score (nSPS) is 9.09. The largest absolute Gasteiger partial charge is 0.300 e. The van der Waals surface area contributed by atoms with E-state index in [0.29, 0.717) is 10.8 Å². The summed E-state index contributed by atoms with van der Waals surface area (Å²) in [7, 11) is 0. The Bertz CT molecular complexity index is 312. The van der Waals surface area contributed by atoms with Crippen molar-refractivity contribution in [3.05, 3.63) is 10.8 Å². The number of carbonyl (C=O) groups is 1. The molecule has 1 aromatic heterocycles. The van der Waals surface area contributed by atoms with Gasteiger partial charge in [0.05, 0.1) is 6.42 Å². The summed E-state index contributed by atoms with van der Waals surface area (Å²) in [5, 5.41) is 8.66. The summed E-state index contributed by atoms with van der Waals surface area (Å²) in [5.41, 5.74) is 0. The number of nitriles is 1. The molecule has 0 aliphatic rings. The van der Waals surface area contributed by atoms with Crippen molar-refractivity contribution in [3.8, 4) is 6.07 Å². The van der Waals surface area contributed by atoms with Crippen LogP contribution in [-0.4, -0.2) is 15.1 Å². The van der Waals surface area contributed by atoms with Crippen LogP contribution in [0, 0.1) is 11.3 Å². The number of hydrogen-bond donors (Lipinski definition) is 0. The van der Waals surface area contributed by atoms with Crippen LogP contribution in [-0.2, 0) is 11.2 Å². The van der Waals surface area contributed by atoms with E-state index in [4.69, 9.17) is 5.26 Å². The van der Waals surface area contributed by atoms with E-state index < -0.39 is 0 Å². The van der Waals surface area contributed by atoms with Crippen molar-refractivity contribution < 1.29 is 4.79 Å². The maximum Gasteiger partial charge on any atom is 0.214 e. The highest BCUT2D eigenvalue weighted by Crippen LogP contribution is 2.02. The molecule has 0 fully saturated rings. The van der Waals surface area contributed by atoms with Gasteiger partial charge in [0.25, 0.3) is 0 Å². The van der Waals surface area contributed by atoms with Gasteiger partial charge in [-0.15, -0.1) is 0 Å². The highest BCUT2D eigenvalue weighted by atomic mass is 32.1. The molecule has 0 saturated heterocycles. The zero-order chi connectivity index (χ0) is 8.27. The van der Waals surface area contributed by atoms with Crippen molar-refractivity contribution in [3.63, 3.8) is 0 Å². The van der Waals surface area contributed by atoms with Crippen LogP contribution in [0.15, 0.2) is 0 Å². The first-order chi connectivity index (χ1) is 5.22. The zero-order valence-electron chi connectivity index (χ0n) is 5.87. The molecule has 0 aromatic carbocycles. The predicted molar refractivity (Wildman–Crippen MR) is 39.0 cm³/mol. The van der Waals surface area contributed by atoms with Crippen LogP contribution >= 0.6 is 11.5 Å². The fraction of sp³-hybridized carbons (Fsp3) is 0.333. The number of rotatable bonds is 2. The second kappa shape index (κ2) is 3.21. The average Bonchev–Trinajstić information content (AvgIpc) is 2.34. The lowest BCUT2D eigenvalue weighted by molar-refractivity contribution is -0.116. The van der Waals surface area contributed by atoms with Gasteiger partial charge in [-0.2, -0.15) is 9.64 Å². The summed E-state index contributed by atoms with van der Waals surface area (Å²) >= 11 is 1.02. The van der Waals surface area contributed by atoms with E-state index in [1.54, 1.807) is 0 Å². The van der Waals surface area contributed by atoms with Gasteiger partial charge in [-0.05, 0) is 18.5 Å². The third-order valence-electron chi connectivity index (χ3n) is 0.971. The highest BCUT2D eigenvalue weighted by molar-refractivity contribution is 7.06. The molecular weight excluding hydrogens is 162 g/mol. The molecule has 0 spiro atoms. The monoisotopic (exact) mass is 167 g/mol. The van der Waals surface area contributed by atoms with E-state index in [1.165, 1.54) is 6.92 Å². The molecule has 0 saturated carbocycles. The van der Waals surface area contributed by atoms with E-state index in [2.05, 4.69) is 9.36 Å². The van der Waals surface area contributed by atoms with Crippen LogP contribution in [0.25, 0.3) is 0 Å². The van der Waals surface area contributed by atoms with Gasteiger partial charge in [-0.1, -0.05) is 0 Å². The number of nitrogens with zero attached hydrogens (tertiary/aromatic N) is 3. The standard InChI is InChI=1S/C6H5N3OS/c1-4(10)2-5-8-6(3-7)11-9-5/h2H2,1H3. The van der Waals surface area contributed by atoms with E-state index in [-0.39, 0.29) is 12.2 Å². The van der Waals surface area contributed by atoms with Gasteiger partial charge >= 0.3 is 0 Å². The molecule has 4 nitrogen and oxygen atoms in total. The topological polar surface area (TPSA) is 66.6 Å². The molecule has 1 heterocycles. The van der Waals surface area contributed by atoms with Gasteiger partial charge in [-0.25, -0.2) is 4.98 Å². The molecule has 0 unspecified atom stereocenters. The minimum Gasteiger partial charge on any atom is -0.300 e. The summed E-state index contributed by atoms with van der Waals surface area (Å²) in [6.45, 7) is 1.47. The van der Waals surface area contributed by atoms with Crippen LogP contribution in [0.2, 0.25) is 0 Å². The second-order valence-corrected chi connectivity index (χ2v) is 2.76. The van der Waals surface area contributed by atoms with Crippen LogP contribution in [0.5, 0.6) is 0 Å². The van der Waals surface area contributed by atoms with E-state index >= 15 is 0 Å². The quantitative estimate of drug-likeness (QED) is 0.644. The molecule has 0 radical (unpaired) electrons. The highest BCUT2D eigenvalue weighted by Gasteiger charge is 2.04. The maximum absolute atomic E-state index is 10.6. The molecule has 0 aliphatic heterocycles. The van der Waals surface area contributed by atoms with Crippen molar-refractivity contribution in [2.45, 2.75) is 13.3 Å². The first-order valence-electron chi connectivity index (χ1n) is 2.94. The number of ketones is 1. The fourth-order valence-electron chi connectivity index (χ4n) is 0.594. The Kier molecular flexibility index (Phi) is 2.28. The van der Waals surface area contributed by atoms with E-state index in [0.717, 1.165) is 11.5 Å². The van der Waals surface area contributed by atoms with Gasteiger partial charge < -0.3 is 0 Å². The van der Waals surface area contributed by atoms with Gasteiger partial charge in [0.15, 0.2) is 5.82 Å². The van der Waals surface area contributed by atoms with Crippen LogP contribution in [0.1, 0.15) is 17.8 Å². The van der Waals surface area contributed by atoms with Gasteiger partial charge in [0.2, 0.25) is 5.01 Å². The number of carbonyl (C=O) groups excluding carboxylic acids is 1. The summed E-state index contributed by atoms with van der Waals surface area (Å²) in [6, 6.07) is 1.85. The van der Waals surface area contributed by atoms with Gasteiger partial charge in [0, 0.05) is 0 Å². The van der Waals surface area contributed by atoms with Crippen molar-refractivity contribution in [2.24, 2.45) is 0 Å². The Morgan fingerprint density at radius 3 is 3.00 bits per heavy atom. The van der Waals surface area contributed by atoms with Crippen molar-refractivity contribution in [2.75, 3.05) is 0 Å². The summed E-state index contributed by atoms with van der Waals surface area (Å²) in [6.07, 6.45) is 0.220. The van der Waals surface area contributed by atoms with Crippen molar-refractivity contribution >= 4 is 17.3 Å². The molecule has 0 aliphatic carbocycles. The molecule has 0 atom stereocenters. The van der Waals surface area contributed by atoms with E-state index in [1.807, 2.05) is 6.07 Å². The fourth-order valence-corrected chi connectivity index (χ4v) is 1.08. The zero-order valence-corrected chi connectivity index (χ0v) is 6.68. The Balaban J connectivity index is 2.75. The summed E-state index contributed by atoms with van der Waals surface area (Å²) in [5.74, 6) is 0.450. The molecule has 0 bridgehead atoms. The molecule has 5 heteroatoms. The van der Waals surface area contributed by atoms with Crippen LogP contribution < -0.4 is 0 Å². The Labute approximate surface area is 67.7 Å². The number of aromatic nitrogens is 2. The first-order valence-corrected chi connectivity index (χ1v) is 3.72. The van der Waals surface area contributed by atoms with Crippen molar-refractivity contribution in [1.82, 2.24) is 9.36 Å². The van der Waals surface area contributed by atoms with Gasteiger partial charge in [0.1, 0.15) is 11.9 Å².